The van der Waals surface area contributed by atoms with Crippen molar-refractivity contribution < 1.29 is 0 Å². The van der Waals surface area contributed by atoms with Crippen molar-refractivity contribution in [2.24, 2.45) is 16.6 Å². The summed E-state index contributed by atoms with van der Waals surface area (Å²) in [6, 6.07) is 8.97. The lowest BCUT2D eigenvalue weighted by molar-refractivity contribution is 0.493. The number of hydrogen-bond donors (Lipinski definition) is 2. The molecule has 1 aliphatic rings. The highest BCUT2D eigenvalue weighted by atomic mass is 127. The molecule has 0 amide bonds. The molecule has 2 rings (SSSR count). The fourth-order valence-corrected chi connectivity index (χ4v) is 2.88. The summed E-state index contributed by atoms with van der Waals surface area (Å²) in [6.45, 7) is 9.32. The maximum Gasteiger partial charge on any atom is 0.189 e. The van der Waals surface area contributed by atoms with Gasteiger partial charge in [0.2, 0.25) is 0 Å². The van der Waals surface area contributed by atoms with Crippen molar-refractivity contribution in [3.05, 3.63) is 42.0 Å². The van der Waals surface area contributed by atoms with Gasteiger partial charge < -0.3 is 16.0 Å². The molecular weight excluding hydrogens is 423 g/mol. The van der Waals surface area contributed by atoms with Gasteiger partial charge in [-0.25, -0.2) is 4.99 Å². The molecule has 0 aliphatic carbocycles. The summed E-state index contributed by atoms with van der Waals surface area (Å²) >= 11 is 0. The molecule has 4 nitrogen and oxygen atoms in total. The van der Waals surface area contributed by atoms with E-state index in [0.29, 0.717) is 18.5 Å². The lowest BCUT2D eigenvalue weighted by atomic mass is 10.0. The van der Waals surface area contributed by atoms with Crippen LogP contribution in [0.25, 0.3) is 0 Å². The number of hydrogen-bond acceptors (Lipinski definition) is 2. The Morgan fingerprint density at radius 1 is 1.12 bits per heavy atom. The van der Waals surface area contributed by atoms with Crippen LogP contribution in [0.2, 0.25) is 0 Å². The minimum atomic E-state index is 0. The summed E-state index contributed by atoms with van der Waals surface area (Å²) in [7, 11) is 0. The number of nitrogens with one attached hydrogen (secondary N) is 1. The molecular formula is C20H33IN4. The number of benzene rings is 1. The van der Waals surface area contributed by atoms with Crippen LogP contribution in [-0.4, -0.2) is 25.1 Å². The third-order valence-electron chi connectivity index (χ3n) is 4.36. The van der Waals surface area contributed by atoms with Crippen molar-refractivity contribution in [1.29, 1.82) is 0 Å². The average molecular weight is 456 g/mol. The fourth-order valence-electron chi connectivity index (χ4n) is 2.88. The molecule has 3 N–H and O–H groups in total. The predicted octanol–water partition coefficient (Wildman–Crippen LogP) is 4.30. The zero-order chi connectivity index (χ0) is 17.4. The van der Waals surface area contributed by atoms with Crippen LogP contribution in [0, 0.1) is 5.92 Å². The molecule has 1 atom stereocenters. The topological polar surface area (TPSA) is 53.6 Å². The molecule has 1 heterocycles. The summed E-state index contributed by atoms with van der Waals surface area (Å²) in [4.78, 5) is 6.80. The van der Waals surface area contributed by atoms with Gasteiger partial charge >= 0.3 is 0 Å². The van der Waals surface area contributed by atoms with Crippen LogP contribution in [0.1, 0.15) is 45.6 Å². The van der Waals surface area contributed by atoms with E-state index in [2.05, 4.69) is 72.4 Å². The second kappa shape index (κ2) is 11.4. The van der Waals surface area contributed by atoms with Crippen molar-refractivity contribution in [3.63, 3.8) is 0 Å². The van der Waals surface area contributed by atoms with Gasteiger partial charge in [0.25, 0.3) is 0 Å². The van der Waals surface area contributed by atoms with Crippen molar-refractivity contribution in [2.75, 3.05) is 18.0 Å². The quantitative estimate of drug-likeness (QED) is 0.266. The molecule has 0 saturated carbocycles. The molecule has 0 radical (unpaired) electrons. The van der Waals surface area contributed by atoms with Crippen LogP contribution in [-0.2, 0) is 6.54 Å². The van der Waals surface area contributed by atoms with E-state index in [0.717, 1.165) is 25.4 Å². The smallest absolute Gasteiger partial charge is 0.189 e. The van der Waals surface area contributed by atoms with Crippen LogP contribution >= 0.6 is 24.0 Å². The monoisotopic (exact) mass is 456 g/mol. The first kappa shape index (κ1) is 21.8. The third kappa shape index (κ3) is 8.12. The minimum Gasteiger partial charge on any atom is -0.370 e. The normalized spacial score (nSPS) is 15.4. The summed E-state index contributed by atoms with van der Waals surface area (Å²) in [5, 5.41) is 3.29. The maximum absolute atomic E-state index is 6.01. The maximum atomic E-state index is 6.01. The molecule has 0 saturated heterocycles. The first-order chi connectivity index (χ1) is 11.5. The Labute approximate surface area is 170 Å². The van der Waals surface area contributed by atoms with E-state index in [-0.39, 0.29) is 24.0 Å². The molecule has 25 heavy (non-hydrogen) atoms. The molecule has 0 aromatic heterocycles. The summed E-state index contributed by atoms with van der Waals surface area (Å²) < 4.78 is 0. The molecule has 1 aromatic rings. The van der Waals surface area contributed by atoms with Crippen LogP contribution in [0.3, 0.4) is 0 Å². The first-order valence-corrected chi connectivity index (χ1v) is 9.10. The van der Waals surface area contributed by atoms with Gasteiger partial charge in [-0.1, -0.05) is 51.0 Å². The van der Waals surface area contributed by atoms with E-state index < -0.39 is 0 Å². The molecule has 0 fully saturated rings. The summed E-state index contributed by atoms with van der Waals surface area (Å²) in [6.07, 6.45) is 8.03. The van der Waals surface area contributed by atoms with Gasteiger partial charge in [-0.15, -0.1) is 24.0 Å². The van der Waals surface area contributed by atoms with Crippen molar-refractivity contribution in [1.82, 2.24) is 5.32 Å². The van der Waals surface area contributed by atoms with Crippen molar-refractivity contribution >= 4 is 35.6 Å². The number of nitrogens with two attached hydrogens (primary N) is 1. The summed E-state index contributed by atoms with van der Waals surface area (Å²) in [5.74, 6) is 1.31. The molecule has 140 valence electrons. The van der Waals surface area contributed by atoms with Crippen LogP contribution in [0.15, 0.2) is 41.4 Å². The highest BCUT2D eigenvalue weighted by molar-refractivity contribution is 14.0. The number of halogens is 1. The van der Waals surface area contributed by atoms with Gasteiger partial charge in [0, 0.05) is 24.8 Å². The van der Waals surface area contributed by atoms with Crippen molar-refractivity contribution in [2.45, 2.75) is 52.6 Å². The summed E-state index contributed by atoms with van der Waals surface area (Å²) in [5.41, 5.74) is 8.45. The van der Waals surface area contributed by atoms with Gasteiger partial charge in [-0.3, -0.25) is 0 Å². The molecule has 1 aliphatic heterocycles. The molecule has 0 spiro atoms. The van der Waals surface area contributed by atoms with E-state index in [4.69, 9.17) is 5.73 Å². The molecule has 1 aromatic carbocycles. The van der Waals surface area contributed by atoms with Gasteiger partial charge in [-0.2, -0.15) is 0 Å². The second-order valence-electron chi connectivity index (χ2n) is 7.11. The highest BCUT2D eigenvalue weighted by Gasteiger charge is 2.07. The zero-order valence-corrected chi connectivity index (χ0v) is 18.1. The Kier molecular flexibility index (Phi) is 9.93. The Bertz CT molecular complexity index is 543. The van der Waals surface area contributed by atoms with Gasteiger partial charge in [-0.05, 0) is 37.0 Å². The van der Waals surface area contributed by atoms with Gasteiger partial charge in [0.05, 0.1) is 6.54 Å². The Hall–Kier alpha value is -1.24. The number of guanidine groups is 1. The first-order valence-electron chi connectivity index (χ1n) is 9.10. The fraction of sp³-hybridized carbons (Fsp3) is 0.550. The Balaban J connectivity index is 0.00000312. The predicted molar refractivity (Wildman–Crippen MR) is 120 cm³/mol. The van der Waals surface area contributed by atoms with Crippen LogP contribution < -0.4 is 16.0 Å². The van der Waals surface area contributed by atoms with E-state index >= 15 is 0 Å². The van der Waals surface area contributed by atoms with E-state index in [1.807, 2.05) is 0 Å². The number of aliphatic imine (C=N–C) groups is 1. The largest absolute Gasteiger partial charge is 0.370 e. The highest BCUT2D eigenvalue weighted by Crippen LogP contribution is 2.17. The third-order valence-corrected chi connectivity index (χ3v) is 4.36. The number of anilines is 1. The van der Waals surface area contributed by atoms with E-state index in [1.54, 1.807) is 0 Å². The Morgan fingerprint density at radius 3 is 2.36 bits per heavy atom. The average Bonchev–Trinajstić information content (AvgIpc) is 3.07. The molecule has 0 bridgehead atoms. The lowest BCUT2D eigenvalue weighted by Crippen LogP contribution is -2.38. The van der Waals surface area contributed by atoms with E-state index in [1.165, 1.54) is 24.1 Å². The van der Waals surface area contributed by atoms with Crippen molar-refractivity contribution in [3.8, 4) is 0 Å². The lowest BCUT2D eigenvalue weighted by Gasteiger charge is -2.17. The number of rotatable bonds is 8. The molecule has 5 heteroatoms. The molecule has 1 unspecified atom stereocenters. The number of nitrogens with zero attached hydrogens (tertiary/aromatic N) is 2. The standard InChI is InChI=1S/C20H32N4.HI/c1-16(2)7-6-8-17(3)23-20(21)22-15-18-9-11-19(12-10-18)24-13-4-5-14-24;/h4-5,9-12,16-17H,6-8,13-15H2,1-3H3,(H3,21,22,23);1H. The van der Waals surface area contributed by atoms with Gasteiger partial charge in [0.1, 0.15) is 0 Å². The van der Waals surface area contributed by atoms with Crippen LogP contribution in [0.5, 0.6) is 0 Å². The second-order valence-corrected chi connectivity index (χ2v) is 7.11. The Morgan fingerprint density at radius 2 is 1.76 bits per heavy atom. The van der Waals surface area contributed by atoms with Gasteiger partial charge in [0.15, 0.2) is 5.96 Å². The van der Waals surface area contributed by atoms with Crippen LogP contribution in [0.4, 0.5) is 5.69 Å². The SMILES string of the molecule is CC(C)CCCC(C)NC(N)=NCc1ccc(N2CC=CC2)cc1.I. The van der Waals surface area contributed by atoms with E-state index in [9.17, 15) is 0 Å². The minimum absolute atomic E-state index is 0. The zero-order valence-electron chi connectivity index (χ0n) is 15.7.